The number of anilines is 1. The van der Waals surface area contributed by atoms with Crippen LogP contribution in [0.15, 0.2) is 53.0 Å². The topological polar surface area (TPSA) is 90.9 Å². The van der Waals surface area contributed by atoms with Crippen molar-refractivity contribution in [1.29, 1.82) is 0 Å². The summed E-state index contributed by atoms with van der Waals surface area (Å²) < 4.78 is 17.4. The summed E-state index contributed by atoms with van der Waals surface area (Å²) in [6.07, 6.45) is 2.81. The highest BCUT2D eigenvalue weighted by atomic mass is 79.9. The Morgan fingerprint density at radius 3 is 2.46 bits per heavy atom. The number of hydrogen-bond donors (Lipinski definition) is 1. The van der Waals surface area contributed by atoms with Crippen LogP contribution >= 0.6 is 15.9 Å². The highest BCUT2D eigenvalue weighted by Gasteiger charge is 2.33. The van der Waals surface area contributed by atoms with E-state index in [2.05, 4.69) is 42.0 Å². The van der Waals surface area contributed by atoms with Crippen molar-refractivity contribution in [3.63, 3.8) is 0 Å². The van der Waals surface area contributed by atoms with Gasteiger partial charge in [-0.25, -0.2) is 9.59 Å². The summed E-state index contributed by atoms with van der Waals surface area (Å²) in [5.41, 5.74) is 0.753. The summed E-state index contributed by atoms with van der Waals surface area (Å²) >= 11 is 3.34. The first-order valence-electron chi connectivity index (χ1n) is 11.9. The maximum absolute atomic E-state index is 12.6. The summed E-state index contributed by atoms with van der Waals surface area (Å²) in [5.74, 6) is -0.247. The number of hydrogen-bond acceptors (Lipinski definition) is 6. The van der Waals surface area contributed by atoms with E-state index in [1.54, 1.807) is 30.3 Å². The number of amides is 1. The van der Waals surface area contributed by atoms with Crippen LogP contribution in [0, 0.1) is 17.8 Å². The monoisotopic (exact) mass is 545 g/mol. The Kier molecular flexibility index (Phi) is 9.72. The molecule has 7 nitrogen and oxygen atoms in total. The molecule has 188 valence electrons. The van der Waals surface area contributed by atoms with Gasteiger partial charge in [-0.3, -0.25) is 4.79 Å². The minimum atomic E-state index is -0.719. The zero-order chi connectivity index (χ0) is 25.4. The molecule has 1 aliphatic carbocycles. The molecular weight excluding hydrogens is 514 g/mol. The van der Waals surface area contributed by atoms with Crippen LogP contribution in [0.25, 0.3) is 0 Å². The molecule has 0 unspecified atom stereocenters. The van der Waals surface area contributed by atoms with Gasteiger partial charge in [0.05, 0.1) is 0 Å². The standard InChI is InChI=1S/C27H32BrNO6/c1-17(2)21-13-8-18(3)14-24(21)35-26(31)16-34-27(32)22-6-4-5-7-23(22)33-15-25(30)29-20-11-9-19(28)10-12-20/h4-7,9-12,17-18,21,24H,8,13-16H2,1-3H3,(H,29,30)/t18-,21-,24+/m0/s1. The van der Waals surface area contributed by atoms with Gasteiger partial charge >= 0.3 is 11.9 Å². The van der Waals surface area contributed by atoms with Gasteiger partial charge < -0.3 is 19.5 Å². The number of para-hydroxylation sites is 1. The fourth-order valence-electron chi connectivity index (χ4n) is 4.29. The first kappa shape index (κ1) is 26.7. The van der Waals surface area contributed by atoms with Gasteiger partial charge in [-0.05, 0) is 67.0 Å². The number of halogens is 1. The van der Waals surface area contributed by atoms with Crippen molar-refractivity contribution in [2.24, 2.45) is 17.8 Å². The van der Waals surface area contributed by atoms with Crippen LogP contribution in [0.5, 0.6) is 5.75 Å². The normalized spacial score (nSPS) is 19.6. The molecule has 8 heteroatoms. The zero-order valence-corrected chi connectivity index (χ0v) is 21.9. The molecule has 1 N–H and O–H groups in total. The van der Waals surface area contributed by atoms with Crippen molar-refractivity contribution in [3.8, 4) is 5.75 Å². The first-order valence-corrected chi connectivity index (χ1v) is 12.7. The van der Waals surface area contributed by atoms with Crippen molar-refractivity contribution in [1.82, 2.24) is 0 Å². The second-order valence-electron chi connectivity index (χ2n) is 9.27. The number of carbonyl (C=O) groups excluding carboxylic acids is 3. The quantitative estimate of drug-likeness (QED) is 0.410. The van der Waals surface area contributed by atoms with Crippen molar-refractivity contribution in [3.05, 3.63) is 58.6 Å². The largest absolute Gasteiger partial charge is 0.483 e. The molecule has 1 saturated carbocycles. The Hall–Kier alpha value is -2.87. The molecule has 3 rings (SSSR count). The number of rotatable bonds is 9. The number of nitrogens with one attached hydrogen (secondary N) is 1. The fourth-order valence-corrected chi connectivity index (χ4v) is 4.55. The third-order valence-corrected chi connectivity index (χ3v) is 6.69. The van der Waals surface area contributed by atoms with Crippen LogP contribution in [-0.4, -0.2) is 37.2 Å². The second kappa shape index (κ2) is 12.7. The lowest BCUT2D eigenvalue weighted by Crippen LogP contribution is -2.36. The van der Waals surface area contributed by atoms with Gasteiger partial charge in [-0.15, -0.1) is 0 Å². The van der Waals surface area contributed by atoms with Gasteiger partial charge in [0, 0.05) is 10.2 Å². The average molecular weight is 546 g/mol. The van der Waals surface area contributed by atoms with Crippen LogP contribution in [0.2, 0.25) is 0 Å². The van der Waals surface area contributed by atoms with Crippen molar-refractivity contribution in [2.75, 3.05) is 18.5 Å². The Morgan fingerprint density at radius 2 is 1.74 bits per heavy atom. The van der Waals surface area contributed by atoms with Gasteiger partial charge in [0.25, 0.3) is 5.91 Å². The van der Waals surface area contributed by atoms with E-state index in [0.717, 1.165) is 23.7 Å². The van der Waals surface area contributed by atoms with E-state index in [-0.39, 0.29) is 29.9 Å². The Bertz CT molecular complexity index is 1020. The average Bonchev–Trinajstić information content (AvgIpc) is 2.82. The Morgan fingerprint density at radius 1 is 1.03 bits per heavy atom. The molecule has 3 atom stereocenters. The summed E-state index contributed by atoms with van der Waals surface area (Å²) in [7, 11) is 0. The molecule has 0 spiro atoms. The van der Waals surface area contributed by atoms with Crippen molar-refractivity contribution >= 4 is 39.5 Å². The highest BCUT2D eigenvalue weighted by Crippen LogP contribution is 2.35. The minimum Gasteiger partial charge on any atom is -0.483 e. The van der Waals surface area contributed by atoms with Crippen molar-refractivity contribution < 1.29 is 28.6 Å². The maximum Gasteiger partial charge on any atom is 0.344 e. The molecule has 2 aromatic rings. The summed E-state index contributed by atoms with van der Waals surface area (Å²) in [5, 5.41) is 2.72. The summed E-state index contributed by atoms with van der Waals surface area (Å²) in [6.45, 7) is 5.66. The third kappa shape index (κ3) is 8.09. The SMILES string of the molecule is CC(C)[C@@H]1CC[C@H](C)C[C@H]1OC(=O)COC(=O)c1ccccc1OCC(=O)Nc1ccc(Br)cc1. The Balaban J connectivity index is 1.52. The third-order valence-electron chi connectivity index (χ3n) is 6.16. The van der Waals surface area contributed by atoms with Gasteiger partial charge in [-0.2, -0.15) is 0 Å². The summed E-state index contributed by atoms with van der Waals surface area (Å²) in [4.78, 5) is 37.3. The lowest BCUT2D eigenvalue weighted by molar-refractivity contribution is -0.159. The molecular formula is C27H32BrNO6. The second-order valence-corrected chi connectivity index (χ2v) is 10.2. The molecule has 35 heavy (non-hydrogen) atoms. The molecule has 2 aromatic carbocycles. The van der Waals surface area contributed by atoms with Gasteiger partial charge in [0.1, 0.15) is 17.4 Å². The zero-order valence-electron chi connectivity index (χ0n) is 20.3. The molecule has 0 aromatic heterocycles. The first-order chi connectivity index (χ1) is 16.7. The van der Waals surface area contributed by atoms with E-state index in [0.29, 0.717) is 23.4 Å². The maximum atomic E-state index is 12.6. The molecule has 0 heterocycles. The lowest BCUT2D eigenvalue weighted by atomic mass is 9.75. The smallest absolute Gasteiger partial charge is 0.344 e. The molecule has 0 aliphatic heterocycles. The number of esters is 2. The summed E-state index contributed by atoms with van der Waals surface area (Å²) in [6, 6.07) is 13.6. The molecule has 0 bridgehead atoms. The van der Waals surface area contributed by atoms with Gasteiger partial charge in [-0.1, -0.05) is 55.3 Å². The number of carbonyl (C=O) groups is 3. The minimum absolute atomic E-state index is 0.128. The van der Waals surface area contributed by atoms with E-state index < -0.39 is 18.5 Å². The molecule has 0 saturated heterocycles. The van der Waals surface area contributed by atoms with Crippen molar-refractivity contribution in [2.45, 2.75) is 46.1 Å². The predicted octanol–water partition coefficient (Wildman–Crippen LogP) is 5.63. The number of benzene rings is 2. The van der Waals surface area contributed by atoms with E-state index in [1.807, 2.05) is 12.1 Å². The van der Waals surface area contributed by atoms with Crippen LogP contribution in [0.1, 0.15) is 50.4 Å². The van der Waals surface area contributed by atoms with E-state index in [4.69, 9.17) is 14.2 Å². The van der Waals surface area contributed by atoms with E-state index in [9.17, 15) is 14.4 Å². The van der Waals surface area contributed by atoms with Gasteiger partial charge in [0.15, 0.2) is 13.2 Å². The molecule has 1 amide bonds. The van der Waals surface area contributed by atoms with Crippen LogP contribution in [0.3, 0.4) is 0 Å². The molecule has 0 radical (unpaired) electrons. The highest BCUT2D eigenvalue weighted by molar-refractivity contribution is 9.10. The number of ether oxygens (including phenoxy) is 3. The van der Waals surface area contributed by atoms with Gasteiger partial charge in [0.2, 0.25) is 0 Å². The van der Waals surface area contributed by atoms with Crippen LogP contribution in [0.4, 0.5) is 5.69 Å². The lowest BCUT2D eigenvalue weighted by Gasteiger charge is -2.36. The Labute approximate surface area is 214 Å². The van der Waals surface area contributed by atoms with E-state index >= 15 is 0 Å². The predicted molar refractivity (Wildman–Crippen MR) is 136 cm³/mol. The molecule has 1 fully saturated rings. The van der Waals surface area contributed by atoms with Crippen LogP contribution in [-0.2, 0) is 19.1 Å². The molecule has 1 aliphatic rings. The fraction of sp³-hybridized carbons (Fsp3) is 0.444. The van der Waals surface area contributed by atoms with Crippen LogP contribution < -0.4 is 10.1 Å². The van der Waals surface area contributed by atoms with E-state index in [1.165, 1.54) is 6.07 Å².